The lowest BCUT2D eigenvalue weighted by atomic mass is 10.1. The third-order valence-corrected chi connectivity index (χ3v) is 4.74. The van der Waals surface area contributed by atoms with Crippen molar-refractivity contribution in [2.75, 3.05) is 19.8 Å². The lowest BCUT2D eigenvalue weighted by molar-refractivity contribution is 0.0921. The normalized spacial score (nSPS) is 11.4. The molecule has 112 valence electrons. The van der Waals surface area contributed by atoms with Gasteiger partial charge in [0.1, 0.15) is 0 Å². The second-order valence-electron chi connectivity index (χ2n) is 3.97. The number of amides is 1. The van der Waals surface area contributed by atoms with E-state index in [1.165, 1.54) is 12.1 Å². The Bertz CT molecular complexity index is 604. The summed E-state index contributed by atoms with van der Waals surface area (Å²) in [6.45, 7) is 4.89. The molecule has 0 aromatic heterocycles. The molecule has 0 fully saturated rings. The Kier molecular flexibility index (Phi) is 6.44. The number of ether oxygens (including phenoxy) is 1. The van der Waals surface area contributed by atoms with Gasteiger partial charge < -0.3 is 10.1 Å². The monoisotopic (exact) mass is 383 g/mol. The number of benzene rings is 1. The summed E-state index contributed by atoms with van der Waals surface area (Å²) in [5.41, 5.74) is 0.901. The highest BCUT2D eigenvalue weighted by atomic mass is 79.9. The summed E-state index contributed by atoms with van der Waals surface area (Å²) in [4.78, 5) is 11.9. The van der Waals surface area contributed by atoms with Crippen LogP contribution >= 0.6 is 26.6 Å². The molecule has 0 atom stereocenters. The molecular formula is C12H15BrClNO4S. The Morgan fingerprint density at radius 3 is 2.65 bits per heavy atom. The highest BCUT2D eigenvalue weighted by molar-refractivity contribution is 9.10. The maximum absolute atomic E-state index is 12.0. The van der Waals surface area contributed by atoms with Crippen LogP contribution < -0.4 is 5.32 Å². The van der Waals surface area contributed by atoms with Gasteiger partial charge in [-0.05, 0) is 31.5 Å². The third-order valence-electron chi connectivity index (χ3n) is 2.58. The zero-order valence-corrected chi connectivity index (χ0v) is 14.2. The molecule has 0 saturated carbocycles. The van der Waals surface area contributed by atoms with Gasteiger partial charge in [-0.2, -0.15) is 0 Å². The summed E-state index contributed by atoms with van der Waals surface area (Å²) in [6.07, 6.45) is 0. The highest BCUT2D eigenvalue weighted by Gasteiger charge is 2.18. The standard InChI is InChI=1S/C12H15BrClNO4S/c1-3-19-5-4-15-12(16)10-6-9(20(14,17)18)7-11(13)8(10)2/h6-7H,3-5H2,1-2H3,(H,15,16). The summed E-state index contributed by atoms with van der Waals surface area (Å²) in [7, 11) is 1.42. The van der Waals surface area contributed by atoms with E-state index in [0.29, 0.717) is 29.8 Å². The molecule has 1 N–H and O–H groups in total. The second-order valence-corrected chi connectivity index (χ2v) is 7.39. The summed E-state index contributed by atoms with van der Waals surface area (Å²) >= 11 is 3.22. The maximum Gasteiger partial charge on any atom is 0.261 e. The smallest absolute Gasteiger partial charge is 0.261 e. The van der Waals surface area contributed by atoms with Crippen molar-refractivity contribution in [1.82, 2.24) is 5.32 Å². The molecule has 0 aliphatic rings. The number of rotatable bonds is 6. The number of hydrogen-bond donors (Lipinski definition) is 1. The first-order chi connectivity index (χ1) is 9.27. The molecule has 8 heteroatoms. The van der Waals surface area contributed by atoms with Gasteiger partial charge in [-0.3, -0.25) is 4.79 Å². The molecule has 0 bridgehead atoms. The molecule has 5 nitrogen and oxygen atoms in total. The van der Waals surface area contributed by atoms with E-state index in [1.807, 2.05) is 6.92 Å². The van der Waals surface area contributed by atoms with Crippen molar-refractivity contribution in [2.45, 2.75) is 18.7 Å². The van der Waals surface area contributed by atoms with E-state index in [2.05, 4.69) is 21.2 Å². The maximum atomic E-state index is 12.0. The lowest BCUT2D eigenvalue weighted by Crippen LogP contribution is -2.28. The second kappa shape index (κ2) is 7.40. The fraction of sp³-hybridized carbons (Fsp3) is 0.417. The third kappa shape index (κ3) is 4.73. The van der Waals surface area contributed by atoms with Crippen LogP contribution in [0.2, 0.25) is 0 Å². The van der Waals surface area contributed by atoms with Crippen molar-refractivity contribution in [2.24, 2.45) is 0 Å². The molecule has 0 spiro atoms. The minimum absolute atomic E-state index is 0.119. The number of carbonyl (C=O) groups excluding carboxylic acids is 1. The first-order valence-corrected chi connectivity index (χ1v) is 8.98. The van der Waals surface area contributed by atoms with Gasteiger partial charge in [0.05, 0.1) is 11.5 Å². The average molecular weight is 385 g/mol. The predicted octanol–water partition coefficient (Wildman–Crippen LogP) is 2.45. The molecule has 0 aliphatic carbocycles. The van der Waals surface area contributed by atoms with Crippen molar-refractivity contribution in [1.29, 1.82) is 0 Å². The van der Waals surface area contributed by atoms with Crippen molar-refractivity contribution in [3.8, 4) is 0 Å². The van der Waals surface area contributed by atoms with Gasteiger partial charge in [0, 0.05) is 33.9 Å². The van der Waals surface area contributed by atoms with Crippen molar-refractivity contribution in [3.63, 3.8) is 0 Å². The summed E-state index contributed by atoms with van der Waals surface area (Å²) < 4.78 is 28.3. The molecule has 0 saturated heterocycles. The Labute approximate surface area is 131 Å². The van der Waals surface area contributed by atoms with Crippen molar-refractivity contribution < 1.29 is 17.9 Å². The van der Waals surface area contributed by atoms with E-state index in [-0.39, 0.29) is 16.4 Å². The quantitative estimate of drug-likeness (QED) is 0.604. The van der Waals surface area contributed by atoms with Crippen LogP contribution in [0.4, 0.5) is 0 Å². The molecular weight excluding hydrogens is 370 g/mol. The summed E-state index contributed by atoms with van der Waals surface area (Å²) in [5.74, 6) is -0.370. The van der Waals surface area contributed by atoms with Gasteiger partial charge in [-0.1, -0.05) is 15.9 Å². The fourth-order valence-electron chi connectivity index (χ4n) is 1.51. The van der Waals surface area contributed by atoms with E-state index < -0.39 is 9.05 Å². The van der Waals surface area contributed by atoms with E-state index in [9.17, 15) is 13.2 Å². The van der Waals surface area contributed by atoms with Gasteiger partial charge in [-0.25, -0.2) is 8.42 Å². The van der Waals surface area contributed by atoms with Crippen LogP contribution in [0, 0.1) is 6.92 Å². The Balaban J connectivity index is 2.99. The van der Waals surface area contributed by atoms with Gasteiger partial charge >= 0.3 is 0 Å². The molecule has 1 aromatic rings. The van der Waals surface area contributed by atoms with Crippen LogP contribution in [0.15, 0.2) is 21.5 Å². The van der Waals surface area contributed by atoms with E-state index in [4.69, 9.17) is 15.4 Å². The molecule has 1 aromatic carbocycles. The number of halogens is 2. The van der Waals surface area contributed by atoms with Crippen LogP contribution in [0.25, 0.3) is 0 Å². The number of nitrogens with one attached hydrogen (secondary N) is 1. The molecule has 20 heavy (non-hydrogen) atoms. The summed E-state index contributed by atoms with van der Waals surface area (Å²) in [6, 6.07) is 2.63. The molecule has 0 aliphatic heterocycles. The van der Waals surface area contributed by atoms with Crippen LogP contribution in [0.3, 0.4) is 0 Å². The molecule has 1 rings (SSSR count). The molecule has 1 amide bonds. The van der Waals surface area contributed by atoms with Crippen molar-refractivity contribution >= 4 is 41.6 Å². The van der Waals surface area contributed by atoms with Gasteiger partial charge in [0.15, 0.2) is 0 Å². The zero-order chi connectivity index (χ0) is 15.3. The largest absolute Gasteiger partial charge is 0.380 e. The van der Waals surface area contributed by atoms with Crippen LogP contribution in [0.5, 0.6) is 0 Å². The van der Waals surface area contributed by atoms with E-state index >= 15 is 0 Å². The number of carbonyl (C=O) groups is 1. The van der Waals surface area contributed by atoms with E-state index in [0.717, 1.165) is 0 Å². The fourth-order valence-corrected chi connectivity index (χ4v) is 2.90. The number of hydrogen-bond acceptors (Lipinski definition) is 4. The van der Waals surface area contributed by atoms with Crippen LogP contribution in [-0.4, -0.2) is 34.1 Å². The lowest BCUT2D eigenvalue weighted by Gasteiger charge is -2.10. The predicted molar refractivity (Wildman–Crippen MR) is 80.7 cm³/mol. The average Bonchev–Trinajstić information content (AvgIpc) is 2.36. The van der Waals surface area contributed by atoms with Crippen LogP contribution in [-0.2, 0) is 13.8 Å². The minimum Gasteiger partial charge on any atom is -0.380 e. The Morgan fingerprint density at radius 2 is 2.10 bits per heavy atom. The molecule has 0 heterocycles. The molecule has 0 unspecified atom stereocenters. The van der Waals surface area contributed by atoms with Gasteiger partial charge in [-0.15, -0.1) is 0 Å². The molecule has 0 radical (unpaired) electrons. The van der Waals surface area contributed by atoms with Crippen LogP contribution in [0.1, 0.15) is 22.8 Å². The Hall–Kier alpha value is -0.630. The zero-order valence-electron chi connectivity index (χ0n) is 11.1. The Morgan fingerprint density at radius 1 is 1.45 bits per heavy atom. The van der Waals surface area contributed by atoms with Gasteiger partial charge in [0.25, 0.3) is 15.0 Å². The minimum atomic E-state index is -3.89. The van der Waals surface area contributed by atoms with Gasteiger partial charge in [0.2, 0.25) is 0 Å². The first kappa shape index (κ1) is 17.4. The van der Waals surface area contributed by atoms with E-state index in [1.54, 1.807) is 6.92 Å². The highest BCUT2D eigenvalue weighted by Crippen LogP contribution is 2.26. The first-order valence-electron chi connectivity index (χ1n) is 5.88. The summed E-state index contributed by atoms with van der Waals surface area (Å²) in [5, 5.41) is 2.66. The SMILES string of the molecule is CCOCCNC(=O)c1cc(S(=O)(=O)Cl)cc(Br)c1C. The van der Waals surface area contributed by atoms with Crippen molar-refractivity contribution in [3.05, 3.63) is 27.7 Å². The topological polar surface area (TPSA) is 72.5 Å².